The number of pyridine rings is 1. The monoisotopic (exact) mass is 405 g/mol. The average molecular weight is 405 g/mol. The van der Waals surface area contributed by atoms with Crippen molar-refractivity contribution in [3.05, 3.63) is 83.6 Å². The van der Waals surface area contributed by atoms with Crippen LogP contribution in [-0.2, 0) is 4.74 Å². The van der Waals surface area contributed by atoms with E-state index in [-0.39, 0.29) is 19.1 Å². The van der Waals surface area contributed by atoms with E-state index in [4.69, 9.17) is 10.5 Å². The highest BCUT2D eigenvalue weighted by Gasteiger charge is 2.29. The highest BCUT2D eigenvalue weighted by Crippen LogP contribution is 2.44. The zero-order valence-corrected chi connectivity index (χ0v) is 16.2. The van der Waals surface area contributed by atoms with Crippen LogP contribution in [0.25, 0.3) is 11.1 Å². The maximum atomic E-state index is 12.2. The number of hydrogen-bond donors (Lipinski definition) is 4. The lowest BCUT2D eigenvalue weighted by Crippen LogP contribution is -2.36. The normalized spacial score (nSPS) is 14.5. The maximum Gasteiger partial charge on any atom is 0.407 e. The van der Waals surface area contributed by atoms with Crippen LogP contribution in [0.5, 0.6) is 0 Å². The van der Waals surface area contributed by atoms with Gasteiger partial charge >= 0.3 is 6.09 Å². The second-order valence-electron chi connectivity index (χ2n) is 7.24. The van der Waals surface area contributed by atoms with Crippen LogP contribution in [0.15, 0.2) is 66.9 Å². The third kappa shape index (κ3) is 3.98. The molecule has 0 saturated carbocycles. The van der Waals surface area contributed by atoms with Crippen molar-refractivity contribution in [2.24, 2.45) is 0 Å². The predicted octanol–water partition coefficient (Wildman–Crippen LogP) is 2.60. The number of anilines is 1. The lowest BCUT2D eigenvalue weighted by atomic mass is 9.98. The molecule has 154 valence electrons. The van der Waals surface area contributed by atoms with Gasteiger partial charge in [-0.05, 0) is 28.3 Å². The van der Waals surface area contributed by atoms with Crippen molar-refractivity contribution >= 4 is 11.9 Å². The first-order chi connectivity index (χ1) is 14.5. The first kappa shape index (κ1) is 19.9. The smallest absolute Gasteiger partial charge is 0.407 e. The molecule has 0 spiro atoms. The van der Waals surface area contributed by atoms with Crippen molar-refractivity contribution in [3.8, 4) is 11.1 Å². The summed E-state index contributed by atoms with van der Waals surface area (Å²) in [4.78, 5) is 16.1. The number of nitrogen functional groups attached to an aromatic ring is 1. The number of carbonyl (C=O) groups excluding carboxylic acids is 1. The Morgan fingerprint density at radius 3 is 2.27 bits per heavy atom. The van der Waals surface area contributed by atoms with Gasteiger partial charge in [0.15, 0.2) is 0 Å². The Labute approximate surface area is 174 Å². The van der Waals surface area contributed by atoms with Crippen LogP contribution in [0.2, 0.25) is 0 Å². The van der Waals surface area contributed by atoms with Gasteiger partial charge in [0, 0.05) is 24.2 Å². The number of benzene rings is 2. The Morgan fingerprint density at radius 1 is 1.03 bits per heavy atom. The minimum atomic E-state index is -1.21. The van der Waals surface area contributed by atoms with Crippen LogP contribution in [0, 0.1) is 0 Å². The van der Waals surface area contributed by atoms with E-state index in [0.29, 0.717) is 11.4 Å². The van der Waals surface area contributed by atoms with Gasteiger partial charge in [0.25, 0.3) is 0 Å². The second kappa shape index (κ2) is 8.52. The van der Waals surface area contributed by atoms with Gasteiger partial charge in [0.2, 0.25) is 0 Å². The molecule has 1 aromatic heterocycles. The molecule has 7 heteroatoms. The molecule has 1 aliphatic rings. The van der Waals surface area contributed by atoms with E-state index in [1.54, 1.807) is 6.07 Å². The van der Waals surface area contributed by atoms with Gasteiger partial charge < -0.3 is 26.0 Å². The number of ether oxygens (including phenoxy) is 1. The number of nitrogens with zero attached hydrogens (tertiary/aromatic N) is 1. The molecular formula is C23H23N3O4. The standard InChI is InChI=1S/C23H23N3O4/c24-21-10-9-14(11-25-21)22(28)20(27)12-26-23(29)30-13-19-17-7-3-1-5-15(17)16-6-2-4-8-18(16)19/h1-11,19-20,22,27-28H,12-13H2,(H2,24,25)(H,26,29). The fourth-order valence-corrected chi connectivity index (χ4v) is 3.76. The summed E-state index contributed by atoms with van der Waals surface area (Å²) in [7, 11) is 0. The highest BCUT2D eigenvalue weighted by molar-refractivity contribution is 5.79. The van der Waals surface area contributed by atoms with Crippen molar-refractivity contribution in [1.82, 2.24) is 10.3 Å². The molecule has 3 aromatic rings. The quantitative estimate of drug-likeness (QED) is 0.501. The van der Waals surface area contributed by atoms with Crippen LogP contribution in [-0.4, -0.2) is 40.5 Å². The van der Waals surface area contributed by atoms with Crippen LogP contribution in [0.4, 0.5) is 10.6 Å². The summed E-state index contributed by atoms with van der Waals surface area (Å²) in [6.45, 7) is 0.0165. The molecule has 0 bridgehead atoms. The number of nitrogens with two attached hydrogens (primary N) is 1. The molecule has 7 nitrogen and oxygen atoms in total. The SMILES string of the molecule is Nc1ccc(C(O)C(O)CNC(=O)OCC2c3ccccc3-c3ccccc32)cn1. The largest absolute Gasteiger partial charge is 0.449 e. The Bertz CT molecular complexity index is 993. The summed E-state index contributed by atoms with van der Waals surface area (Å²) in [5.41, 5.74) is 10.5. The Balaban J connectivity index is 1.33. The number of nitrogens with one attached hydrogen (secondary N) is 1. The van der Waals surface area contributed by atoms with Gasteiger partial charge in [-0.1, -0.05) is 54.6 Å². The van der Waals surface area contributed by atoms with Crippen molar-refractivity contribution in [3.63, 3.8) is 0 Å². The summed E-state index contributed by atoms with van der Waals surface area (Å²) < 4.78 is 5.42. The van der Waals surface area contributed by atoms with Crippen molar-refractivity contribution < 1.29 is 19.7 Å². The van der Waals surface area contributed by atoms with Crippen LogP contribution in [0.3, 0.4) is 0 Å². The zero-order valence-electron chi connectivity index (χ0n) is 16.2. The number of aromatic nitrogens is 1. The number of hydrogen-bond acceptors (Lipinski definition) is 6. The molecule has 0 saturated heterocycles. The summed E-state index contributed by atoms with van der Waals surface area (Å²) in [6, 6.07) is 19.3. The van der Waals surface area contributed by atoms with Gasteiger partial charge in [-0.3, -0.25) is 0 Å². The van der Waals surface area contributed by atoms with Gasteiger partial charge in [-0.15, -0.1) is 0 Å². The third-order valence-corrected chi connectivity index (χ3v) is 5.31. The number of rotatable bonds is 6. The Kier molecular flexibility index (Phi) is 5.65. The molecule has 2 atom stereocenters. The maximum absolute atomic E-state index is 12.2. The summed E-state index contributed by atoms with van der Waals surface area (Å²) in [5, 5.41) is 22.8. The Morgan fingerprint density at radius 2 is 1.67 bits per heavy atom. The van der Waals surface area contributed by atoms with E-state index in [2.05, 4.69) is 22.4 Å². The number of alkyl carbamates (subject to hydrolysis) is 1. The number of carbonyl (C=O) groups is 1. The van der Waals surface area contributed by atoms with Crippen LogP contribution >= 0.6 is 0 Å². The Hall–Kier alpha value is -3.42. The molecule has 1 heterocycles. The van der Waals surface area contributed by atoms with Gasteiger partial charge in [0.05, 0.1) is 0 Å². The molecule has 2 unspecified atom stereocenters. The van der Waals surface area contributed by atoms with Crippen molar-refractivity contribution in [1.29, 1.82) is 0 Å². The van der Waals surface area contributed by atoms with Gasteiger partial charge in [0.1, 0.15) is 24.6 Å². The summed E-state index contributed by atoms with van der Waals surface area (Å²) in [6.07, 6.45) is -1.68. The van der Waals surface area contributed by atoms with E-state index in [1.807, 2.05) is 36.4 Å². The average Bonchev–Trinajstić information content (AvgIpc) is 3.10. The molecule has 2 aromatic carbocycles. The number of fused-ring (bicyclic) bond motifs is 3. The molecule has 1 amide bonds. The minimum absolute atomic E-state index is 0.0421. The van der Waals surface area contributed by atoms with Crippen LogP contribution < -0.4 is 11.1 Å². The van der Waals surface area contributed by atoms with Crippen molar-refractivity contribution in [2.45, 2.75) is 18.1 Å². The van der Waals surface area contributed by atoms with E-state index >= 15 is 0 Å². The molecule has 0 radical (unpaired) electrons. The number of amides is 1. The lowest BCUT2D eigenvalue weighted by Gasteiger charge is -2.19. The summed E-state index contributed by atoms with van der Waals surface area (Å²) in [5.74, 6) is 0.275. The second-order valence-corrected chi connectivity index (χ2v) is 7.24. The molecule has 4 rings (SSSR count). The van der Waals surface area contributed by atoms with Gasteiger partial charge in [-0.25, -0.2) is 9.78 Å². The molecule has 30 heavy (non-hydrogen) atoms. The highest BCUT2D eigenvalue weighted by atomic mass is 16.5. The molecular weight excluding hydrogens is 382 g/mol. The number of aliphatic hydroxyl groups is 2. The molecule has 0 aliphatic heterocycles. The summed E-state index contributed by atoms with van der Waals surface area (Å²) >= 11 is 0. The first-order valence-electron chi connectivity index (χ1n) is 9.71. The minimum Gasteiger partial charge on any atom is -0.449 e. The topological polar surface area (TPSA) is 118 Å². The van der Waals surface area contributed by atoms with E-state index in [0.717, 1.165) is 22.3 Å². The molecule has 1 aliphatic carbocycles. The molecule has 5 N–H and O–H groups in total. The van der Waals surface area contributed by atoms with E-state index in [1.165, 1.54) is 12.3 Å². The van der Waals surface area contributed by atoms with Gasteiger partial charge in [-0.2, -0.15) is 0 Å². The fourth-order valence-electron chi connectivity index (χ4n) is 3.76. The third-order valence-electron chi connectivity index (χ3n) is 5.31. The van der Waals surface area contributed by atoms with Crippen LogP contribution in [0.1, 0.15) is 28.7 Å². The fraction of sp³-hybridized carbons (Fsp3) is 0.217. The van der Waals surface area contributed by atoms with E-state index in [9.17, 15) is 15.0 Å². The first-order valence-corrected chi connectivity index (χ1v) is 9.71. The van der Waals surface area contributed by atoms with Crippen molar-refractivity contribution in [2.75, 3.05) is 18.9 Å². The molecule has 0 fully saturated rings. The lowest BCUT2D eigenvalue weighted by molar-refractivity contribution is 0.0184. The zero-order chi connectivity index (χ0) is 21.1. The predicted molar refractivity (Wildman–Crippen MR) is 113 cm³/mol. The van der Waals surface area contributed by atoms with E-state index < -0.39 is 18.3 Å². The number of aliphatic hydroxyl groups excluding tert-OH is 2.